The molecule has 5 heteroatoms. The van der Waals surface area contributed by atoms with E-state index in [1.54, 1.807) is 11.3 Å². The van der Waals surface area contributed by atoms with Crippen LogP contribution >= 0.6 is 11.3 Å². The molecule has 1 aromatic heterocycles. The van der Waals surface area contributed by atoms with Gasteiger partial charge in [-0.2, -0.15) is 0 Å². The molecule has 0 spiro atoms. The molecule has 1 amide bonds. The molecule has 1 aliphatic heterocycles. The summed E-state index contributed by atoms with van der Waals surface area (Å²) >= 11 is 1.54. The van der Waals surface area contributed by atoms with Crippen molar-refractivity contribution in [3.8, 4) is 0 Å². The van der Waals surface area contributed by atoms with Crippen LogP contribution in [0.5, 0.6) is 0 Å². The molecule has 1 aromatic rings. The SMILES string of the molecule is CC(C)CC1CCCCN1C(=O)c1csc(CCN)n1. The number of hydrogen-bond acceptors (Lipinski definition) is 4. The van der Waals surface area contributed by atoms with E-state index in [0.717, 1.165) is 37.2 Å². The third-order valence-corrected chi connectivity index (χ3v) is 4.67. The molecule has 0 bridgehead atoms. The number of piperidine rings is 1. The Kier molecular flexibility index (Phi) is 5.54. The maximum Gasteiger partial charge on any atom is 0.273 e. The van der Waals surface area contributed by atoms with Crippen LogP contribution in [0.3, 0.4) is 0 Å². The molecular weight excluding hydrogens is 270 g/mol. The zero-order valence-corrected chi connectivity index (χ0v) is 13.3. The fraction of sp³-hybridized carbons (Fsp3) is 0.733. The van der Waals surface area contributed by atoms with Crippen molar-refractivity contribution in [3.63, 3.8) is 0 Å². The van der Waals surface area contributed by atoms with Crippen LogP contribution in [0, 0.1) is 5.92 Å². The Bertz CT molecular complexity index is 444. The lowest BCUT2D eigenvalue weighted by Gasteiger charge is -2.36. The van der Waals surface area contributed by atoms with E-state index in [9.17, 15) is 4.79 Å². The van der Waals surface area contributed by atoms with Gasteiger partial charge in [0.2, 0.25) is 0 Å². The van der Waals surface area contributed by atoms with E-state index in [-0.39, 0.29) is 5.91 Å². The molecule has 2 heterocycles. The van der Waals surface area contributed by atoms with Gasteiger partial charge in [0.1, 0.15) is 5.69 Å². The van der Waals surface area contributed by atoms with Crippen LogP contribution in [0.25, 0.3) is 0 Å². The maximum atomic E-state index is 12.6. The molecule has 1 unspecified atom stereocenters. The molecule has 20 heavy (non-hydrogen) atoms. The van der Waals surface area contributed by atoms with Crippen molar-refractivity contribution < 1.29 is 4.79 Å². The first-order chi connectivity index (χ1) is 9.61. The summed E-state index contributed by atoms with van der Waals surface area (Å²) in [5.74, 6) is 0.728. The number of hydrogen-bond donors (Lipinski definition) is 1. The number of aromatic nitrogens is 1. The highest BCUT2D eigenvalue weighted by atomic mass is 32.1. The number of amides is 1. The summed E-state index contributed by atoms with van der Waals surface area (Å²) in [5, 5.41) is 2.85. The summed E-state index contributed by atoms with van der Waals surface area (Å²) in [6.45, 7) is 5.90. The van der Waals surface area contributed by atoms with Gasteiger partial charge in [-0.15, -0.1) is 11.3 Å². The standard InChI is InChI=1S/C15H25N3OS/c1-11(2)9-12-5-3-4-8-18(12)15(19)13-10-20-14(17-13)6-7-16/h10-12H,3-9,16H2,1-2H3. The number of nitrogens with zero attached hydrogens (tertiary/aromatic N) is 2. The van der Waals surface area contributed by atoms with Gasteiger partial charge in [0, 0.05) is 24.4 Å². The number of carbonyl (C=O) groups is 1. The Morgan fingerprint density at radius 2 is 2.35 bits per heavy atom. The normalized spacial score (nSPS) is 19.6. The smallest absolute Gasteiger partial charge is 0.273 e. The summed E-state index contributed by atoms with van der Waals surface area (Å²) in [7, 11) is 0. The third-order valence-electron chi connectivity index (χ3n) is 3.76. The fourth-order valence-electron chi connectivity index (χ4n) is 2.85. The quantitative estimate of drug-likeness (QED) is 0.908. The minimum absolute atomic E-state index is 0.106. The van der Waals surface area contributed by atoms with Gasteiger partial charge in [-0.3, -0.25) is 4.79 Å². The largest absolute Gasteiger partial charge is 0.334 e. The van der Waals surface area contributed by atoms with Crippen molar-refractivity contribution >= 4 is 17.2 Å². The van der Waals surface area contributed by atoms with Crippen LogP contribution in [-0.2, 0) is 6.42 Å². The summed E-state index contributed by atoms with van der Waals surface area (Å²) in [5.41, 5.74) is 6.14. The highest BCUT2D eigenvalue weighted by Gasteiger charge is 2.29. The van der Waals surface area contributed by atoms with E-state index in [2.05, 4.69) is 18.8 Å². The zero-order chi connectivity index (χ0) is 14.5. The Morgan fingerprint density at radius 3 is 3.05 bits per heavy atom. The van der Waals surface area contributed by atoms with Crippen molar-refractivity contribution in [1.82, 2.24) is 9.88 Å². The summed E-state index contributed by atoms with van der Waals surface area (Å²) in [6, 6.07) is 0.385. The fourth-order valence-corrected chi connectivity index (χ4v) is 3.64. The second-order valence-corrected chi connectivity index (χ2v) is 6.89. The summed E-state index contributed by atoms with van der Waals surface area (Å²) < 4.78 is 0. The number of rotatable bonds is 5. The molecule has 0 aliphatic carbocycles. The topological polar surface area (TPSA) is 59.2 Å². The zero-order valence-electron chi connectivity index (χ0n) is 12.5. The predicted molar refractivity (Wildman–Crippen MR) is 83.0 cm³/mol. The van der Waals surface area contributed by atoms with Gasteiger partial charge in [-0.05, 0) is 38.1 Å². The molecular formula is C15H25N3OS. The maximum absolute atomic E-state index is 12.6. The lowest BCUT2D eigenvalue weighted by molar-refractivity contribution is 0.0579. The number of nitrogens with two attached hydrogens (primary N) is 1. The molecule has 1 saturated heterocycles. The Balaban J connectivity index is 2.07. The van der Waals surface area contributed by atoms with E-state index in [4.69, 9.17) is 5.73 Å². The summed E-state index contributed by atoms with van der Waals surface area (Å²) in [4.78, 5) is 19.1. The van der Waals surface area contributed by atoms with Gasteiger partial charge in [0.05, 0.1) is 5.01 Å². The van der Waals surface area contributed by atoms with Crippen LogP contribution in [0.15, 0.2) is 5.38 Å². The molecule has 1 fully saturated rings. The minimum atomic E-state index is 0.106. The third kappa shape index (κ3) is 3.79. The van der Waals surface area contributed by atoms with Crippen LogP contribution in [0.1, 0.15) is 55.0 Å². The van der Waals surface area contributed by atoms with Gasteiger partial charge in [-0.1, -0.05) is 13.8 Å². The van der Waals surface area contributed by atoms with Crippen LogP contribution in [0.4, 0.5) is 0 Å². The lowest BCUT2D eigenvalue weighted by Crippen LogP contribution is -2.44. The molecule has 0 aromatic carbocycles. The lowest BCUT2D eigenvalue weighted by atomic mass is 9.94. The van der Waals surface area contributed by atoms with E-state index in [0.29, 0.717) is 24.2 Å². The van der Waals surface area contributed by atoms with Crippen molar-refractivity contribution in [2.24, 2.45) is 11.7 Å². The first kappa shape index (κ1) is 15.4. The molecule has 0 radical (unpaired) electrons. The molecule has 2 rings (SSSR count). The van der Waals surface area contributed by atoms with Crippen LogP contribution in [0.2, 0.25) is 0 Å². The van der Waals surface area contributed by atoms with Gasteiger partial charge in [0.15, 0.2) is 0 Å². The predicted octanol–water partition coefficient (Wildman–Crippen LogP) is 2.69. The van der Waals surface area contributed by atoms with Crippen molar-refractivity contribution in [2.75, 3.05) is 13.1 Å². The summed E-state index contributed by atoms with van der Waals surface area (Å²) in [6.07, 6.45) is 5.32. The van der Waals surface area contributed by atoms with Crippen molar-refractivity contribution in [3.05, 3.63) is 16.1 Å². The Labute approximate surface area is 125 Å². The number of likely N-dealkylation sites (tertiary alicyclic amines) is 1. The van der Waals surface area contributed by atoms with Crippen LogP contribution < -0.4 is 5.73 Å². The van der Waals surface area contributed by atoms with Crippen LogP contribution in [-0.4, -0.2) is 34.9 Å². The van der Waals surface area contributed by atoms with E-state index in [1.807, 2.05) is 10.3 Å². The highest BCUT2D eigenvalue weighted by Crippen LogP contribution is 2.25. The molecule has 4 nitrogen and oxygen atoms in total. The average molecular weight is 295 g/mol. The van der Waals surface area contributed by atoms with Gasteiger partial charge in [0.25, 0.3) is 5.91 Å². The number of carbonyl (C=O) groups excluding carboxylic acids is 1. The monoisotopic (exact) mass is 295 g/mol. The van der Waals surface area contributed by atoms with Gasteiger partial charge >= 0.3 is 0 Å². The Morgan fingerprint density at radius 1 is 1.55 bits per heavy atom. The van der Waals surface area contributed by atoms with E-state index in [1.165, 1.54) is 6.42 Å². The first-order valence-corrected chi connectivity index (χ1v) is 8.45. The first-order valence-electron chi connectivity index (χ1n) is 7.57. The second-order valence-electron chi connectivity index (χ2n) is 5.94. The Hall–Kier alpha value is -0.940. The van der Waals surface area contributed by atoms with Crippen molar-refractivity contribution in [1.29, 1.82) is 0 Å². The average Bonchev–Trinajstić information content (AvgIpc) is 2.87. The molecule has 112 valence electrons. The molecule has 2 N–H and O–H groups in total. The van der Waals surface area contributed by atoms with E-state index < -0.39 is 0 Å². The number of thiazole rings is 1. The van der Waals surface area contributed by atoms with Crippen molar-refractivity contribution in [2.45, 2.75) is 52.0 Å². The van der Waals surface area contributed by atoms with Gasteiger partial charge < -0.3 is 10.6 Å². The van der Waals surface area contributed by atoms with Gasteiger partial charge in [-0.25, -0.2) is 4.98 Å². The van der Waals surface area contributed by atoms with E-state index >= 15 is 0 Å². The molecule has 0 saturated carbocycles. The highest BCUT2D eigenvalue weighted by molar-refractivity contribution is 7.09. The second kappa shape index (κ2) is 7.18. The molecule has 1 aliphatic rings. The minimum Gasteiger partial charge on any atom is -0.334 e. The molecule has 1 atom stereocenters.